The van der Waals surface area contributed by atoms with Crippen molar-refractivity contribution in [2.45, 2.75) is 19.9 Å². The van der Waals surface area contributed by atoms with E-state index in [0.29, 0.717) is 35.7 Å². The van der Waals surface area contributed by atoms with Crippen molar-refractivity contribution in [1.82, 2.24) is 10.6 Å². The smallest absolute Gasteiger partial charge is 0.261 e. The molecule has 0 heterocycles. The molecule has 32 heavy (non-hydrogen) atoms. The average molecular weight is 448 g/mol. The topological polar surface area (TPSA) is 79.5 Å². The Hall–Kier alpha value is -3.71. The minimum absolute atomic E-state index is 0.154. The maximum Gasteiger partial charge on any atom is 0.261 e. The molecule has 0 atom stereocenters. The molecule has 0 aliphatic rings. The molecule has 0 unspecified atom stereocenters. The summed E-state index contributed by atoms with van der Waals surface area (Å²) in [6.45, 7) is 2.98. The number of rotatable bonds is 8. The summed E-state index contributed by atoms with van der Waals surface area (Å²) in [6, 6.07) is 23.6. The van der Waals surface area contributed by atoms with Crippen LogP contribution >= 0.6 is 12.2 Å². The monoisotopic (exact) mass is 447 g/mol. The van der Waals surface area contributed by atoms with Gasteiger partial charge in [0.15, 0.2) is 5.11 Å². The van der Waals surface area contributed by atoms with Crippen molar-refractivity contribution in [3.8, 4) is 5.75 Å². The van der Waals surface area contributed by atoms with Gasteiger partial charge < -0.3 is 15.4 Å². The minimum atomic E-state index is -0.355. The SMILES string of the molecule is CCCOc1ccccc1C(=O)NC(=S)Nc1ccc(C(=O)NCc2ccccc2)cc1. The summed E-state index contributed by atoms with van der Waals surface area (Å²) >= 11 is 5.26. The highest BCUT2D eigenvalue weighted by molar-refractivity contribution is 7.80. The lowest BCUT2D eigenvalue weighted by Crippen LogP contribution is -2.34. The fraction of sp³-hybridized carbons (Fsp3) is 0.160. The van der Waals surface area contributed by atoms with Gasteiger partial charge in [-0.15, -0.1) is 0 Å². The summed E-state index contributed by atoms with van der Waals surface area (Å²) in [4.78, 5) is 24.9. The molecule has 0 aromatic heterocycles. The van der Waals surface area contributed by atoms with Gasteiger partial charge in [-0.1, -0.05) is 49.4 Å². The molecule has 0 spiro atoms. The molecule has 7 heteroatoms. The molecule has 0 fully saturated rings. The largest absolute Gasteiger partial charge is 0.493 e. The van der Waals surface area contributed by atoms with Crippen molar-refractivity contribution in [1.29, 1.82) is 0 Å². The van der Waals surface area contributed by atoms with Crippen LogP contribution in [0.25, 0.3) is 0 Å². The van der Waals surface area contributed by atoms with E-state index in [1.165, 1.54) is 0 Å². The quantitative estimate of drug-likeness (QED) is 0.442. The highest BCUT2D eigenvalue weighted by Crippen LogP contribution is 2.18. The van der Waals surface area contributed by atoms with Crippen LogP contribution in [0.1, 0.15) is 39.6 Å². The zero-order chi connectivity index (χ0) is 22.8. The van der Waals surface area contributed by atoms with Crippen LogP contribution in [0.2, 0.25) is 0 Å². The Kier molecular flexibility index (Phi) is 8.34. The van der Waals surface area contributed by atoms with Crippen LogP contribution in [0.3, 0.4) is 0 Å². The summed E-state index contributed by atoms with van der Waals surface area (Å²) in [7, 11) is 0. The highest BCUT2D eigenvalue weighted by Gasteiger charge is 2.14. The normalized spacial score (nSPS) is 10.2. The number of hydrogen-bond donors (Lipinski definition) is 3. The van der Waals surface area contributed by atoms with E-state index in [4.69, 9.17) is 17.0 Å². The average Bonchev–Trinajstić information content (AvgIpc) is 2.82. The molecule has 0 bridgehead atoms. The molecular formula is C25H25N3O3S. The molecule has 3 aromatic rings. The second-order valence-corrected chi connectivity index (χ2v) is 7.41. The fourth-order valence-electron chi connectivity index (χ4n) is 2.91. The van der Waals surface area contributed by atoms with Gasteiger partial charge in [-0.2, -0.15) is 0 Å². The molecule has 0 radical (unpaired) electrons. The van der Waals surface area contributed by atoms with E-state index < -0.39 is 0 Å². The van der Waals surface area contributed by atoms with Gasteiger partial charge in [-0.05, 0) is 60.6 Å². The summed E-state index contributed by atoms with van der Waals surface area (Å²) in [5, 5.41) is 8.66. The Balaban J connectivity index is 1.53. The molecule has 164 valence electrons. The third kappa shape index (κ3) is 6.65. The van der Waals surface area contributed by atoms with E-state index in [1.54, 1.807) is 42.5 Å². The number of thiocarbonyl (C=S) groups is 1. The van der Waals surface area contributed by atoms with Crippen LogP contribution in [0.5, 0.6) is 5.75 Å². The second kappa shape index (κ2) is 11.6. The lowest BCUT2D eigenvalue weighted by Gasteiger charge is -2.13. The third-order valence-corrected chi connectivity index (χ3v) is 4.73. The highest BCUT2D eigenvalue weighted by atomic mass is 32.1. The van der Waals surface area contributed by atoms with Gasteiger partial charge in [-0.3, -0.25) is 14.9 Å². The van der Waals surface area contributed by atoms with Crippen LogP contribution in [0.4, 0.5) is 5.69 Å². The molecule has 0 aliphatic carbocycles. The van der Waals surface area contributed by atoms with Gasteiger partial charge in [0.25, 0.3) is 11.8 Å². The Bertz CT molecular complexity index is 1070. The zero-order valence-electron chi connectivity index (χ0n) is 17.8. The number of anilines is 1. The van der Waals surface area contributed by atoms with Crippen molar-refractivity contribution in [3.05, 3.63) is 95.6 Å². The van der Waals surface area contributed by atoms with Gasteiger partial charge >= 0.3 is 0 Å². The first-order valence-corrected chi connectivity index (χ1v) is 10.7. The number of para-hydroxylation sites is 1. The van der Waals surface area contributed by atoms with E-state index in [0.717, 1.165) is 12.0 Å². The first kappa shape index (κ1) is 23.0. The molecular weight excluding hydrogens is 422 g/mol. The number of ether oxygens (including phenoxy) is 1. The predicted molar refractivity (Wildman–Crippen MR) is 130 cm³/mol. The van der Waals surface area contributed by atoms with Crippen molar-refractivity contribution in [2.75, 3.05) is 11.9 Å². The second-order valence-electron chi connectivity index (χ2n) is 7.00. The van der Waals surface area contributed by atoms with Crippen molar-refractivity contribution in [2.24, 2.45) is 0 Å². The number of nitrogens with one attached hydrogen (secondary N) is 3. The van der Waals surface area contributed by atoms with Crippen molar-refractivity contribution < 1.29 is 14.3 Å². The van der Waals surface area contributed by atoms with Crippen LogP contribution in [-0.4, -0.2) is 23.5 Å². The van der Waals surface area contributed by atoms with E-state index in [-0.39, 0.29) is 16.9 Å². The summed E-state index contributed by atoms with van der Waals surface area (Å²) in [5.74, 6) is -0.00778. The standard InChI is InChI=1S/C25H25N3O3S/c1-2-16-31-22-11-7-6-10-21(22)24(30)28-25(32)27-20-14-12-19(13-15-20)23(29)26-17-18-8-4-3-5-9-18/h3-15H,2,16-17H2,1H3,(H,26,29)(H2,27,28,30,32). The van der Waals surface area contributed by atoms with Gasteiger partial charge in [0.2, 0.25) is 0 Å². The molecule has 0 saturated heterocycles. The maximum absolute atomic E-state index is 12.6. The lowest BCUT2D eigenvalue weighted by molar-refractivity contribution is 0.0948. The first-order valence-electron chi connectivity index (χ1n) is 10.3. The first-order chi connectivity index (χ1) is 15.6. The van der Waals surface area contributed by atoms with Crippen LogP contribution < -0.4 is 20.7 Å². The minimum Gasteiger partial charge on any atom is -0.493 e. The number of amides is 2. The van der Waals surface area contributed by atoms with Gasteiger partial charge in [-0.25, -0.2) is 0 Å². The van der Waals surface area contributed by atoms with Crippen LogP contribution in [0, 0.1) is 0 Å². The van der Waals surface area contributed by atoms with E-state index in [9.17, 15) is 9.59 Å². The van der Waals surface area contributed by atoms with E-state index >= 15 is 0 Å². The Morgan fingerprint density at radius 3 is 2.28 bits per heavy atom. The number of hydrogen-bond acceptors (Lipinski definition) is 4. The number of benzene rings is 3. The van der Waals surface area contributed by atoms with Crippen molar-refractivity contribution >= 4 is 34.8 Å². The molecule has 0 saturated carbocycles. The Labute approximate surface area is 193 Å². The fourth-order valence-corrected chi connectivity index (χ4v) is 3.12. The van der Waals surface area contributed by atoms with E-state index in [1.807, 2.05) is 43.3 Å². The molecule has 2 amide bonds. The van der Waals surface area contributed by atoms with Crippen LogP contribution in [0.15, 0.2) is 78.9 Å². The molecule has 0 aliphatic heterocycles. The Morgan fingerprint density at radius 1 is 0.875 bits per heavy atom. The molecule has 6 nitrogen and oxygen atoms in total. The lowest BCUT2D eigenvalue weighted by atomic mass is 10.1. The summed E-state index contributed by atoms with van der Waals surface area (Å²) in [6.07, 6.45) is 0.843. The summed E-state index contributed by atoms with van der Waals surface area (Å²) in [5.41, 5.74) is 2.63. The van der Waals surface area contributed by atoms with Gasteiger partial charge in [0.1, 0.15) is 5.75 Å². The molecule has 3 rings (SSSR count). The van der Waals surface area contributed by atoms with Crippen molar-refractivity contribution in [3.63, 3.8) is 0 Å². The third-order valence-electron chi connectivity index (χ3n) is 4.52. The number of carbonyl (C=O) groups excluding carboxylic acids is 2. The van der Waals surface area contributed by atoms with Gasteiger partial charge in [0.05, 0.1) is 12.2 Å². The summed E-state index contributed by atoms with van der Waals surface area (Å²) < 4.78 is 5.63. The van der Waals surface area contributed by atoms with Crippen LogP contribution in [-0.2, 0) is 6.54 Å². The predicted octanol–water partition coefficient (Wildman–Crippen LogP) is 4.53. The maximum atomic E-state index is 12.6. The zero-order valence-corrected chi connectivity index (χ0v) is 18.6. The number of carbonyl (C=O) groups is 2. The Morgan fingerprint density at radius 2 is 1.56 bits per heavy atom. The van der Waals surface area contributed by atoms with E-state index in [2.05, 4.69) is 16.0 Å². The molecule has 3 aromatic carbocycles. The molecule has 3 N–H and O–H groups in total. The van der Waals surface area contributed by atoms with Gasteiger partial charge in [0, 0.05) is 17.8 Å².